The Balaban J connectivity index is 1.49. The highest BCUT2D eigenvalue weighted by Gasteiger charge is 2.51. The summed E-state index contributed by atoms with van der Waals surface area (Å²) in [6.07, 6.45) is 1.88. The standard InChI is InChI=1S/C22H25NO6S/c24-21(23-25)22(12-18-6-7-19(13-22)29-18)15-30(26,27)20-10-8-17(9-11-20)28-14-16-4-2-1-3-5-16/h1-5,8-11,18-19,25H,6-7,12-15H2,(H,23,24). The molecule has 0 radical (unpaired) electrons. The van der Waals surface area contributed by atoms with Crippen molar-refractivity contribution in [3.8, 4) is 5.75 Å². The van der Waals surface area contributed by atoms with Gasteiger partial charge in [-0.1, -0.05) is 30.3 Å². The van der Waals surface area contributed by atoms with E-state index in [1.165, 1.54) is 12.1 Å². The summed E-state index contributed by atoms with van der Waals surface area (Å²) >= 11 is 0. The summed E-state index contributed by atoms with van der Waals surface area (Å²) in [5, 5.41) is 9.25. The molecule has 0 aromatic heterocycles. The maximum atomic E-state index is 13.1. The van der Waals surface area contributed by atoms with E-state index in [1.54, 1.807) is 17.6 Å². The topological polar surface area (TPSA) is 102 Å². The van der Waals surface area contributed by atoms with E-state index in [1.807, 2.05) is 30.3 Å². The molecule has 0 saturated carbocycles. The Hall–Kier alpha value is -2.42. The highest BCUT2D eigenvalue weighted by atomic mass is 32.2. The molecular weight excluding hydrogens is 406 g/mol. The van der Waals surface area contributed by atoms with Crippen LogP contribution in [-0.4, -0.2) is 37.5 Å². The average molecular weight is 432 g/mol. The monoisotopic (exact) mass is 431 g/mol. The number of sulfone groups is 1. The molecule has 7 nitrogen and oxygen atoms in total. The molecule has 2 aliphatic heterocycles. The molecule has 2 aromatic carbocycles. The zero-order valence-electron chi connectivity index (χ0n) is 16.5. The van der Waals surface area contributed by atoms with Gasteiger partial charge in [0.2, 0.25) is 0 Å². The minimum Gasteiger partial charge on any atom is -0.489 e. The third kappa shape index (κ3) is 4.35. The van der Waals surface area contributed by atoms with Gasteiger partial charge in [-0.25, -0.2) is 13.9 Å². The molecular formula is C22H25NO6S. The average Bonchev–Trinajstić information content (AvgIpc) is 3.11. The summed E-state index contributed by atoms with van der Waals surface area (Å²) in [5.74, 6) is -0.466. The van der Waals surface area contributed by atoms with Crippen LogP contribution in [0.5, 0.6) is 5.75 Å². The molecule has 1 amide bonds. The van der Waals surface area contributed by atoms with Crippen LogP contribution in [0.4, 0.5) is 0 Å². The fourth-order valence-corrected chi connectivity index (χ4v) is 6.27. The van der Waals surface area contributed by atoms with Gasteiger partial charge in [0.05, 0.1) is 28.3 Å². The number of nitrogens with one attached hydrogen (secondary N) is 1. The molecule has 30 heavy (non-hydrogen) atoms. The van der Waals surface area contributed by atoms with Gasteiger partial charge < -0.3 is 9.47 Å². The second-order valence-electron chi connectivity index (χ2n) is 8.09. The van der Waals surface area contributed by atoms with E-state index in [4.69, 9.17) is 9.47 Å². The van der Waals surface area contributed by atoms with Gasteiger partial charge in [0.1, 0.15) is 12.4 Å². The number of hydrogen-bond donors (Lipinski definition) is 2. The molecule has 2 heterocycles. The first-order valence-corrected chi connectivity index (χ1v) is 11.6. The summed E-state index contributed by atoms with van der Waals surface area (Å²) in [4.78, 5) is 12.6. The number of hydrogen-bond acceptors (Lipinski definition) is 6. The van der Waals surface area contributed by atoms with Crippen LogP contribution in [0.1, 0.15) is 31.2 Å². The van der Waals surface area contributed by atoms with Gasteiger partial charge in [-0.2, -0.15) is 0 Å². The summed E-state index contributed by atoms with van der Waals surface area (Å²) in [6, 6.07) is 15.9. The van der Waals surface area contributed by atoms with Crippen molar-refractivity contribution in [1.82, 2.24) is 5.48 Å². The Labute approximate surface area is 175 Å². The molecule has 4 rings (SSSR count). The van der Waals surface area contributed by atoms with Crippen LogP contribution in [0.2, 0.25) is 0 Å². The van der Waals surface area contributed by atoms with Crippen molar-refractivity contribution in [2.75, 3.05) is 5.75 Å². The largest absolute Gasteiger partial charge is 0.489 e. The van der Waals surface area contributed by atoms with Crippen molar-refractivity contribution in [2.45, 2.75) is 49.4 Å². The zero-order chi connectivity index (χ0) is 21.2. The molecule has 2 aromatic rings. The number of carbonyl (C=O) groups is 1. The van der Waals surface area contributed by atoms with Crippen LogP contribution in [0.25, 0.3) is 0 Å². The second kappa shape index (κ2) is 8.37. The Kier molecular flexibility index (Phi) is 5.81. The summed E-state index contributed by atoms with van der Waals surface area (Å²) in [6.45, 7) is 0.384. The van der Waals surface area contributed by atoms with Crippen molar-refractivity contribution in [3.63, 3.8) is 0 Å². The first-order chi connectivity index (χ1) is 14.4. The van der Waals surface area contributed by atoms with Gasteiger partial charge in [-0.15, -0.1) is 0 Å². The van der Waals surface area contributed by atoms with Crippen molar-refractivity contribution in [1.29, 1.82) is 0 Å². The lowest BCUT2D eigenvalue weighted by Gasteiger charge is -2.38. The van der Waals surface area contributed by atoms with Crippen LogP contribution in [-0.2, 0) is 26.0 Å². The van der Waals surface area contributed by atoms with Crippen LogP contribution in [0.3, 0.4) is 0 Å². The smallest absolute Gasteiger partial charge is 0.250 e. The second-order valence-corrected chi connectivity index (χ2v) is 10.1. The quantitative estimate of drug-likeness (QED) is 0.516. The molecule has 8 heteroatoms. The summed E-state index contributed by atoms with van der Waals surface area (Å²) < 4.78 is 37.7. The fourth-order valence-electron chi connectivity index (χ4n) is 4.45. The third-order valence-electron chi connectivity index (χ3n) is 5.91. The highest BCUT2D eigenvalue weighted by Crippen LogP contribution is 2.45. The Morgan fingerprint density at radius 3 is 2.30 bits per heavy atom. The molecule has 2 bridgehead atoms. The molecule has 2 N–H and O–H groups in total. The number of hydroxylamine groups is 1. The number of ether oxygens (including phenoxy) is 2. The molecule has 2 unspecified atom stereocenters. The first-order valence-electron chi connectivity index (χ1n) is 10.00. The molecule has 0 aliphatic carbocycles. The van der Waals surface area contributed by atoms with E-state index >= 15 is 0 Å². The number of rotatable bonds is 7. The molecule has 2 atom stereocenters. The number of fused-ring (bicyclic) bond motifs is 2. The molecule has 2 aliphatic rings. The van der Waals surface area contributed by atoms with Gasteiger partial charge in [-0.05, 0) is 55.5 Å². The van der Waals surface area contributed by atoms with Gasteiger partial charge in [0.15, 0.2) is 9.84 Å². The van der Waals surface area contributed by atoms with Crippen LogP contribution < -0.4 is 10.2 Å². The normalized spacial score (nSPS) is 25.6. The Morgan fingerprint density at radius 1 is 1.07 bits per heavy atom. The fraction of sp³-hybridized carbons (Fsp3) is 0.409. The van der Waals surface area contributed by atoms with Crippen molar-refractivity contribution in [2.24, 2.45) is 5.41 Å². The lowest BCUT2D eigenvalue weighted by molar-refractivity contribution is -0.148. The van der Waals surface area contributed by atoms with Gasteiger partial charge in [0, 0.05) is 0 Å². The minimum atomic E-state index is -3.76. The van der Waals surface area contributed by atoms with E-state index < -0.39 is 21.2 Å². The number of amides is 1. The van der Waals surface area contributed by atoms with E-state index in [-0.39, 0.29) is 35.7 Å². The lowest BCUT2D eigenvalue weighted by atomic mass is 9.78. The molecule has 2 saturated heterocycles. The maximum absolute atomic E-state index is 13.1. The Morgan fingerprint density at radius 2 is 1.70 bits per heavy atom. The van der Waals surface area contributed by atoms with E-state index in [9.17, 15) is 18.4 Å². The highest BCUT2D eigenvalue weighted by molar-refractivity contribution is 7.91. The maximum Gasteiger partial charge on any atom is 0.250 e. The van der Waals surface area contributed by atoms with E-state index in [2.05, 4.69) is 0 Å². The summed E-state index contributed by atoms with van der Waals surface area (Å²) in [7, 11) is -3.76. The molecule has 160 valence electrons. The summed E-state index contributed by atoms with van der Waals surface area (Å²) in [5.41, 5.74) is 1.50. The Bertz CT molecular complexity index is 978. The zero-order valence-corrected chi connectivity index (χ0v) is 17.3. The van der Waals surface area contributed by atoms with Crippen molar-refractivity contribution >= 4 is 15.7 Å². The van der Waals surface area contributed by atoms with E-state index in [0.717, 1.165) is 18.4 Å². The lowest BCUT2D eigenvalue weighted by Crippen LogP contribution is -2.50. The van der Waals surface area contributed by atoms with Crippen LogP contribution in [0, 0.1) is 5.41 Å². The van der Waals surface area contributed by atoms with Crippen molar-refractivity contribution < 1.29 is 27.9 Å². The van der Waals surface area contributed by atoms with Gasteiger partial charge in [-0.3, -0.25) is 10.0 Å². The van der Waals surface area contributed by atoms with Gasteiger partial charge >= 0.3 is 0 Å². The first kappa shape index (κ1) is 20.8. The molecule has 0 spiro atoms. The van der Waals surface area contributed by atoms with Gasteiger partial charge in [0.25, 0.3) is 5.91 Å². The van der Waals surface area contributed by atoms with E-state index in [0.29, 0.717) is 12.4 Å². The number of carbonyl (C=O) groups excluding carboxylic acids is 1. The predicted molar refractivity (Wildman–Crippen MR) is 109 cm³/mol. The SMILES string of the molecule is O=C(NO)C1(CS(=O)(=O)c2ccc(OCc3ccccc3)cc2)CC2CCC(C1)O2. The minimum absolute atomic E-state index is 0.124. The van der Waals surface area contributed by atoms with Crippen LogP contribution in [0.15, 0.2) is 59.5 Å². The third-order valence-corrected chi connectivity index (χ3v) is 7.84. The van der Waals surface area contributed by atoms with Crippen molar-refractivity contribution in [3.05, 3.63) is 60.2 Å². The molecule has 2 fully saturated rings. The predicted octanol–water partition coefficient (Wildman–Crippen LogP) is 2.87. The van der Waals surface area contributed by atoms with Crippen LogP contribution >= 0.6 is 0 Å². The number of benzene rings is 2.